The minimum atomic E-state index is 0.803. The van der Waals surface area contributed by atoms with Gasteiger partial charge in [-0.15, -0.1) is 0 Å². The monoisotopic (exact) mass is 239 g/mol. The van der Waals surface area contributed by atoms with E-state index < -0.39 is 0 Å². The Kier molecular flexibility index (Phi) is 3.33. The zero-order valence-electron chi connectivity index (χ0n) is 10.4. The standard InChI is InChI=1S/C15H17N3/c1-2-4-13(5-3-1)6-14-9-18(10-14)11-15-7-16-12-17-8-15/h1-5,7-8,12,14H,6,9-11H2. The third-order valence-electron chi connectivity index (χ3n) is 3.42. The smallest absolute Gasteiger partial charge is 0.115 e. The van der Waals surface area contributed by atoms with Crippen molar-refractivity contribution in [2.75, 3.05) is 13.1 Å². The van der Waals surface area contributed by atoms with E-state index in [9.17, 15) is 0 Å². The van der Waals surface area contributed by atoms with Crippen molar-refractivity contribution < 1.29 is 0 Å². The summed E-state index contributed by atoms with van der Waals surface area (Å²) in [4.78, 5) is 10.5. The summed E-state index contributed by atoms with van der Waals surface area (Å²) in [6.07, 6.45) is 6.58. The predicted molar refractivity (Wildman–Crippen MR) is 70.9 cm³/mol. The van der Waals surface area contributed by atoms with Crippen molar-refractivity contribution in [3.8, 4) is 0 Å². The van der Waals surface area contributed by atoms with Gasteiger partial charge in [-0.05, 0) is 17.9 Å². The van der Waals surface area contributed by atoms with Crippen LogP contribution in [0.5, 0.6) is 0 Å². The molecule has 18 heavy (non-hydrogen) atoms. The third kappa shape index (κ3) is 2.74. The summed E-state index contributed by atoms with van der Waals surface area (Å²) >= 11 is 0. The lowest BCUT2D eigenvalue weighted by atomic mass is 9.92. The minimum Gasteiger partial charge on any atom is -0.298 e. The molecule has 3 rings (SSSR count). The maximum atomic E-state index is 4.05. The fraction of sp³-hybridized carbons (Fsp3) is 0.333. The van der Waals surface area contributed by atoms with E-state index in [1.165, 1.54) is 30.6 Å². The van der Waals surface area contributed by atoms with Gasteiger partial charge in [0.05, 0.1) is 0 Å². The van der Waals surface area contributed by atoms with Crippen molar-refractivity contribution in [3.05, 3.63) is 60.2 Å². The average molecular weight is 239 g/mol. The van der Waals surface area contributed by atoms with Crippen LogP contribution in [0.15, 0.2) is 49.1 Å². The Morgan fingerprint density at radius 3 is 2.44 bits per heavy atom. The molecular formula is C15H17N3. The Labute approximate surface area is 108 Å². The Bertz CT molecular complexity index is 432. The Balaban J connectivity index is 1.46. The quantitative estimate of drug-likeness (QED) is 0.818. The molecule has 2 heterocycles. The lowest BCUT2D eigenvalue weighted by molar-refractivity contribution is 0.0924. The third-order valence-corrected chi connectivity index (χ3v) is 3.42. The first kappa shape index (κ1) is 11.4. The first-order chi connectivity index (χ1) is 8.90. The number of benzene rings is 1. The van der Waals surface area contributed by atoms with E-state index in [0.29, 0.717) is 0 Å². The molecule has 2 aromatic rings. The van der Waals surface area contributed by atoms with Gasteiger partial charge in [0.1, 0.15) is 6.33 Å². The number of hydrogen-bond acceptors (Lipinski definition) is 3. The molecule has 3 heteroatoms. The van der Waals surface area contributed by atoms with Gasteiger partial charge in [-0.25, -0.2) is 9.97 Å². The number of likely N-dealkylation sites (tertiary alicyclic amines) is 1. The van der Waals surface area contributed by atoms with Gasteiger partial charge in [0, 0.05) is 37.6 Å². The first-order valence-electron chi connectivity index (χ1n) is 6.40. The van der Waals surface area contributed by atoms with E-state index in [1.54, 1.807) is 6.33 Å². The maximum absolute atomic E-state index is 4.05. The molecule has 1 aliphatic rings. The Hall–Kier alpha value is -1.74. The van der Waals surface area contributed by atoms with Crippen LogP contribution in [0, 0.1) is 5.92 Å². The molecule has 0 bridgehead atoms. The van der Waals surface area contributed by atoms with Crippen molar-refractivity contribution in [3.63, 3.8) is 0 Å². The molecule has 1 aromatic carbocycles. The molecule has 1 aromatic heterocycles. The van der Waals surface area contributed by atoms with Gasteiger partial charge in [0.25, 0.3) is 0 Å². The average Bonchev–Trinajstić information content (AvgIpc) is 2.39. The fourth-order valence-electron chi connectivity index (χ4n) is 2.55. The molecule has 0 spiro atoms. The molecule has 0 radical (unpaired) electrons. The topological polar surface area (TPSA) is 29.0 Å². The van der Waals surface area contributed by atoms with E-state index in [1.807, 2.05) is 12.4 Å². The van der Waals surface area contributed by atoms with Gasteiger partial charge in [0.15, 0.2) is 0 Å². The number of hydrogen-bond donors (Lipinski definition) is 0. The summed E-state index contributed by atoms with van der Waals surface area (Å²) in [7, 11) is 0. The molecule has 1 fully saturated rings. The van der Waals surface area contributed by atoms with Crippen molar-refractivity contribution >= 4 is 0 Å². The van der Waals surface area contributed by atoms with Crippen LogP contribution < -0.4 is 0 Å². The van der Waals surface area contributed by atoms with Gasteiger partial charge in [-0.1, -0.05) is 30.3 Å². The highest BCUT2D eigenvalue weighted by atomic mass is 15.2. The van der Waals surface area contributed by atoms with E-state index >= 15 is 0 Å². The fourth-order valence-corrected chi connectivity index (χ4v) is 2.55. The molecule has 1 aliphatic heterocycles. The van der Waals surface area contributed by atoms with Gasteiger partial charge in [0.2, 0.25) is 0 Å². The summed E-state index contributed by atoms with van der Waals surface area (Å²) in [5, 5.41) is 0. The summed E-state index contributed by atoms with van der Waals surface area (Å²) in [6, 6.07) is 10.7. The van der Waals surface area contributed by atoms with Crippen LogP contribution in [0.2, 0.25) is 0 Å². The lowest BCUT2D eigenvalue weighted by Crippen LogP contribution is -2.46. The first-order valence-corrected chi connectivity index (χ1v) is 6.40. The van der Waals surface area contributed by atoms with Gasteiger partial charge in [-0.3, -0.25) is 4.90 Å². The van der Waals surface area contributed by atoms with Gasteiger partial charge >= 0.3 is 0 Å². The Morgan fingerprint density at radius 2 is 1.72 bits per heavy atom. The van der Waals surface area contributed by atoms with E-state index in [0.717, 1.165) is 12.5 Å². The van der Waals surface area contributed by atoms with E-state index in [-0.39, 0.29) is 0 Å². The summed E-state index contributed by atoms with van der Waals surface area (Å²) < 4.78 is 0. The minimum absolute atomic E-state index is 0.803. The van der Waals surface area contributed by atoms with Crippen molar-refractivity contribution in [1.29, 1.82) is 0 Å². The summed E-state index contributed by atoms with van der Waals surface area (Å²) in [5.74, 6) is 0.803. The molecule has 0 aliphatic carbocycles. The SMILES string of the molecule is c1ccc(CC2CN(Cc3cncnc3)C2)cc1. The molecule has 0 unspecified atom stereocenters. The normalized spacial score (nSPS) is 16.4. The van der Waals surface area contributed by atoms with Crippen molar-refractivity contribution in [1.82, 2.24) is 14.9 Å². The summed E-state index contributed by atoms with van der Waals surface area (Å²) in [6.45, 7) is 3.35. The molecule has 3 nitrogen and oxygen atoms in total. The lowest BCUT2D eigenvalue weighted by Gasteiger charge is -2.39. The number of aromatic nitrogens is 2. The van der Waals surface area contributed by atoms with Crippen LogP contribution in [0.3, 0.4) is 0 Å². The maximum Gasteiger partial charge on any atom is 0.115 e. The van der Waals surface area contributed by atoms with Crippen LogP contribution in [-0.2, 0) is 13.0 Å². The zero-order chi connectivity index (χ0) is 12.2. The highest BCUT2D eigenvalue weighted by Crippen LogP contribution is 2.21. The molecule has 0 amide bonds. The molecular weight excluding hydrogens is 222 g/mol. The second-order valence-corrected chi connectivity index (χ2v) is 5.00. The van der Waals surface area contributed by atoms with Gasteiger partial charge < -0.3 is 0 Å². The predicted octanol–water partition coefficient (Wildman–Crippen LogP) is 2.15. The Morgan fingerprint density at radius 1 is 1.00 bits per heavy atom. The van der Waals surface area contributed by atoms with Crippen molar-refractivity contribution in [2.24, 2.45) is 5.92 Å². The van der Waals surface area contributed by atoms with Gasteiger partial charge in [-0.2, -0.15) is 0 Å². The highest BCUT2D eigenvalue weighted by molar-refractivity contribution is 5.16. The summed E-state index contributed by atoms with van der Waals surface area (Å²) in [5.41, 5.74) is 2.65. The molecule has 0 N–H and O–H groups in total. The highest BCUT2D eigenvalue weighted by Gasteiger charge is 2.26. The van der Waals surface area contributed by atoms with Crippen LogP contribution >= 0.6 is 0 Å². The molecule has 0 atom stereocenters. The van der Waals surface area contributed by atoms with E-state index in [4.69, 9.17) is 0 Å². The second-order valence-electron chi connectivity index (χ2n) is 5.00. The largest absolute Gasteiger partial charge is 0.298 e. The van der Waals surface area contributed by atoms with E-state index in [2.05, 4.69) is 45.2 Å². The number of rotatable bonds is 4. The molecule has 1 saturated heterocycles. The van der Waals surface area contributed by atoms with Crippen LogP contribution in [0.25, 0.3) is 0 Å². The van der Waals surface area contributed by atoms with Crippen LogP contribution in [-0.4, -0.2) is 28.0 Å². The molecule has 92 valence electrons. The van der Waals surface area contributed by atoms with Crippen LogP contribution in [0.1, 0.15) is 11.1 Å². The second kappa shape index (κ2) is 5.27. The molecule has 0 saturated carbocycles. The van der Waals surface area contributed by atoms with Crippen molar-refractivity contribution in [2.45, 2.75) is 13.0 Å². The zero-order valence-corrected chi connectivity index (χ0v) is 10.4. The van der Waals surface area contributed by atoms with Crippen LogP contribution in [0.4, 0.5) is 0 Å². The number of nitrogens with zero attached hydrogens (tertiary/aromatic N) is 3.